The number of amides is 1. The van der Waals surface area contributed by atoms with Crippen LogP contribution in [0, 0.1) is 0 Å². The molecule has 3 rings (SSSR count). The van der Waals surface area contributed by atoms with Gasteiger partial charge in [0, 0.05) is 23.1 Å². The Labute approximate surface area is 170 Å². The van der Waals surface area contributed by atoms with Crippen LogP contribution in [0.25, 0.3) is 0 Å². The van der Waals surface area contributed by atoms with E-state index in [9.17, 15) is 9.59 Å². The quantitative estimate of drug-likeness (QED) is 0.603. The van der Waals surface area contributed by atoms with Crippen molar-refractivity contribution in [2.75, 3.05) is 10.6 Å². The number of benzene rings is 2. The molecule has 6 nitrogen and oxygen atoms in total. The highest BCUT2D eigenvalue weighted by Crippen LogP contribution is 2.29. The zero-order valence-corrected chi connectivity index (χ0v) is 17.0. The molecule has 0 aliphatic rings. The zero-order valence-electron chi connectivity index (χ0n) is 17.0. The summed E-state index contributed by atoms with van der Waals surface area (Å²) < 4.78 is 0. The molecule has 2 aromatic carbocycles. The van der Waals surface area contributed by atoms with Crippen molar-refractivity contribution in [3.8, 4) is 0 Å². The van der Waals surface area contributed by atoms with Crippen LogP contribution in [-0.4, -0.2) is 21.7 Å². The number of carbonyl (C=O) groups excluding carboxylic acids is 2. The minimum absolute atomic E-state index is 0.00186. The molecule has 0 spiro atoms. The maximum atomic E-state index is 12.8. The first-order valence-electron chi connectivity index (χ1n) is 9.36. The van der Waals surface area contributed by atoms with Crippen LogP contribution in [0.15, 0.2) is 60.8 Å². The topological polar surface area (TPSA) is 84.0 Å². The summed E-state index contributed by atoms with van der Waals surface area (Å²) in [6.45, 7) is 7.82. The average Bonchev–Trinajstić information content (AvgIpc) is 2.68. The van der Waals surface area contributed by atoms with Gasteiger partial charge in [-0.25, -0.2) is 9.97 Å². The van der Waals surface area contributed by atoms with Gasteiger partial charge < -0.3 is 10.6 Å². The van der Waals surface area contributed by atoms with Crippen molar-refractivity contribution in [1.29, 1.82) is 0 Å². The number of hydrogen-bond acceptors (Lipinski definition) is 5. The molecule has 6 heteroatoms. The molecule has 0 saturated carbocycles. The highest BCUT2D eigenvalue weighted by molar-refractivity contribution is 6.03. The van der Waals surface area contributed by atoms with Crippen LogP contribution in [0.1, 0.15) is 54.1 Å². The number of carbonyl (C=O) groups is 2. The molecule has 0 radical (unpaired) electrons. The highest BCUT2D eigenvalue weighted by atomic mass is 16.2. The third-order valence-electron chi connectivity index (χ3n) is 4.42. The Morgan fingerprint density at radius 2 is 1.62 bits per heavy atom. The van der Waals surface area contributed by atoms with Crippen LogP contribution in [0.3, 0.4) is 0 Å². The third-order valence-corrected chi connectivity index (χ3v) is 4.42. The van der Waals surface area contributed by atoms with Gasteiger partial charge in [0.1, 0.15) is 5.69 Å². The van der Waals surface area contributed by atoms with E-state index in [4.69, 9.17) is 0 Å². The summed E-state index contributed by atoms with van der Waals surface area (Å²) in [7, 11) is 0. The van der Waals surface area contributed by atoms with E-state index in [2.05, 4.69) is 41.4 Å². The maximum Gasteiger partial charge on any atom is 0.274 e. The molecule has 3 aromatic rings. The van der Waals surface area contributed by atoms with Crippen molar-refractivity contribution in [2.45, 2.75) is 33.1 Å². The van der Waals surface area contributed by atoms with Gasteiger partial charge in [-0.15, -0.1) is 0 Å². The van der Waals surface area contributed by atoms with Crippen LogP contribution in [0.4, 0.5) is 17.3 Å². The molecule has 1 aromatic heterocycles. The molecule has 0 aliphatic carbocycles. The lowest BCUT2D eigenvalue weighted by atomic mass is 9.86. The molecule has 1 heterocycles. The van der Waals surface area contributed by atoms with Crippen LogP contribution in [-0.2, 0) is 5.41 Å². The molecule has 0 atom stereocenters. The van der Waals surface area contributed by atoms with E-state index in [0.717, 1.165) is 16.9 Å². The second-order valence-electron chi connectivity index (χ2n) is 7.77. The largest absolute Gasteiger partial charge is 0.324 e. The van der Waals surface area contributed by atoms with Crippen LogP contribution in [0.2, 0.25) is 0 Å². The molecule has 2 N–H and O–H groups in total. The van der Waals surface area contributed by atoms with Gasteiger partial charge in [0.15, 0.2) is 5.78 Å². The second kappa shape index (κ2) is 8.22. The number of aromatic nitrogens is 2. The fourth-order valence-electron chi connectivity index (χ4n) is 2.90. The molecule has 148 valence electrons. The maximum absolute atomic E-state index is 12.8. The van der Waals surface area contributed by atoms with E-state index in [1.807, 2.05) is 24.3 Å². The average molecular weight is 388 g/mol. The smallest absolute Gasteiger partial charge is 0.274 e. The van der Waals surface area contributed by atoms with Gasteiger partial charge in [0.25, 0.3) is 5.91 Å². The van der Waals surface area contributed by atoms with Crippen molar-refractivity contribution >= 4 is 29.0 Å². The molecule has 0 unspecified atom stereocenters. The summed E-state index contributed by atoms with van der Waals surface area (Å²) in [5.41, 5.74) is 3.32. The summed E-state index contributed by atoms with van der Waals surface area (Å²) in [4.78, 5) is 32.6. The van der Waals surface area contributed by atoms with E-state index >= 15 is 0 Å². The second-order valence-corrected chi connectivity index (χ2v) is 7.77. The number of anilines is 3. The lowest BCUT2D eigenvalue weighted by molar-refractivity contribution is 0.101. The molecule has 0 saturated heterocycles. The molecule has 29 heavy (non-hydrogen) atoms. The molecule has 0 aliphatic heterocycles. The van der Waals surface area contributed by atoms with Gasteiger partial charge in [-0.05, 0) is 54.3 Å². The fraction of sp³-hybridized carbons (Fsp3) is 0.217. The first-order chi connectivity index (χ1) is 13.7. The van der Waals surface area contributed by atoms with Gasteiger partial charge in [-0.1, -0.05) is 39.0 Å². The van der Waals surface area contributed by atoms with E-state index in [-0.39, 0.29) is 22.8 Å². The van der Waals surface area contributed by atoms with Crippen molar-refractivity contribution in [3.05, 3.63) is 77.6 Å². The number of Topliss-reactive ketones (excluding diaryl/α,β-unsaturated/α-hetero) is 1. The minimum Gasteiger partial charge on any atom is -0.324 e. The van der Waals surface area contributed by atoms with Gasteiger partial charge >= 0.3 is 0 Å². The summed E-state index contributed by atoms with van der Waals surface area (Å²) in [5.74, 6) is -0.00147. The minimum atomic E-state index is -0.306. The van der Waals surface area contributed by atoms with Crippen molar-refractivity contribution in [1.82, 2.24) is 9.97 Å². The van der Waals surface area contributed by atoms with Gasteiger partial charge in [-0.3, -0.25) is 9.59 Å². The Bertz CT molecular complexity index is 1040. The number of para-hydroxylation sites is 1. The Morgan fingerprint density at radius 3 is 2.28 bits per heavy atom. The predicted octanol–water partition coefficient (Wildman–Crippen LogP) is 4.97. The van der Waals surface area contributed by atoms with E-state index in [0.29, 0.717) is 11.5 Å². The fourth-order valence-corrected chi connectivity index (χ4v) is 2.90. The zero-order chi connectivity index (χ0) is 21.0. The summed E-state index contributed by atoms with van der Waals surface area (Å²) in [5, 5.41) is 6.00. The van der Waals surface area contributed by atoms with E-state index < -0.39 is 0 Å². The third kappa shape index (κ3) is 5.04. The Morgan fingerprint density at radius 1 is 0.931 bits per heavy atom. The van der Waals surface area contributed by atoms with E-state index in [1.165, 1.54) is 13.1 Å². The van der Waals surface area contributed by atoms with Gasteiger partial charge in [0.2, 0.25) is 5.95 Å². The van der Waals surface area contributed by atoms with E-state index in [1.54, 1.807) is 30.3 Å². The molecule has 0 bridgehead atoms. The lowest BCUT2D eigenvalue weighted by Gasteiger charge is -2.22. The Kier molecular flexibility index (Phi) is 5.73. The number of nitrogens with one attached hydrogen (secondary N) is 2. The Balaban J connectivity index is 1.77. The molecule has 1 amide bonds. The summed E-state index contributed by atoms with van der Waals surface area (Å²) >= 11 is 0. The highest BCUT2D eigenvalue weighted by Gasteiger charge is 2.19. The first kappa shape index (κ1) is 20.2. The number of nitrogens with zero attached hydrogens (tertiary/aromatic N) is 2. The van der Waals surface area contributed by atoms with Crippen molar-refractivity contribution in [3.63, 3.8) is 0 Å². The number of hydrogen-bond donors (Lipinski definition) is 2. The number of rotatable bonds is 5. The molecular weight excluding hydrogens is 364 g/mol. The normalized spacial score (nSPS) is 11.0. The van der Waals surface area contributed by atoms with Crippen LogP contribution in [0.5, 0.6) is 0 Å². The lowest BCUT2D eigenvalue weighted by Crippen LogP contribution is -2.19. The van der Waals surface area contributed by atoms with Crippen molar-refractivity contribution < 1.29 is 9.59 Å². The number of ketones is 1. The van der Waals surface area contributed by atoms with Gasteiger partial charge in [0.05, 0.1) is 0 Å². The monoisotopic (exact) mass is 388 g/mol. The predicted molar refractivity (Wildman–Crippen MR) is 115 cm³/mol. The first-order valence-corrected chi connectivity index (χ1v) is 9.36. The van der Waals surface area contributed by atoms with Gasteiger partial charge in [-0.2, -0.15) is 0 Å². The summed E-state index contributed by atoms with van der Waals surface area (Å²) in [6.07, 6.45) is 1.53. The molecular formula is C23H24N4O2. The standard InChI is InChI=1S/C23H24N4O2/c1-15(28)16-9-11-17(12-10-16)25-22-24-14-13-20(27-22)21(29)26-19-8-6-5-7-18(19)23(2,3)4/h5-14H,1-4H3,(H,26,29)(H,24,25,27). The van der Waals surface area contributed by atoms with Crippen molar-refractivity contribution in [2.24, 2.45) is 0 Å². The Hall–Kier alpha value is -3.54. The molecule has 0 fully saturated rings. The SMILES string of the molecule is CC(=O)c1ccc(Nc2nccc(C(=O)Nc3ccccc3C(C)(C)C)n2)cc1. The van der Waals surface area contributed by atoms with Crippen LogP contribution < -0.4 is 10.6 Å². The van der Waals surface area contributed by atoms with Crippen LogP contribution >= 0.6 is 0 Å². The summed E-state index contributed by atoms with van der Waals surface area (Å²) in [6, 6.07) is 16.3.